The molecular formula is C27H37BrN2O3. The average Bonchev–Trinajstić information content (AvgIpc) is 2.79. The van der Waals surface area contributed by atoms with Crippen LogP contribution in [-0.2, 0) is 16.1 Å². The van der Waals surface area contributed by atoms with Crippen molar-refractivity contribution in [1.29, 1.82) is 0 Å². The number of nitrogens with one attached hydrogen (secondary N) is 1. The topological polar surface area (TPSA) is 58.6 Å². The summed E-state index contributed by atoms with van der Waals surface area (Å²) in [4.78, 5) is 27.9. The van der Waals surface area contributed by atoms with Gasteiger partial charge in [0.1, 0.15) is 11.8 Å². The number of carbonyl (C=O) groups excluding carboxylic acids is 2. The molecule has 0 radical (unpaired) electrons. The summed E-state index contributed by atoms with van der Waals surface area (Å²) >= 11 is 3.55. The molecule has 0 saturated carbocycles. The van der Waals surface area contributed by atoms with Crippen molar-refractivity contribution in [2.75, 3.05) is 13.2 Å². The Morgan fingerprint density at radius 2 is 1.79 bits per heavy atom. The smallest absolute Gasteiger partial charge is 0.261 e. The van der Waals surface area contributed by atoms with Crippen LogP contribution in [0.4, 0.5) is 0 Å². The zero-order chi connectivity index (χ0) is 24.4. The van der Waals surface area contributed by atoms with Crippen LogP contribution in [-0.4, -0.2) is 35.9 Å². The molecule has 0 spiro atoms. The largest absolute Gasteiger partial charge is 0.483 e. The first-order valence-electron chi connectivity index (χ1n) is 11.8. The first-order chi connectivity index (χ1) is 15.8. The van der Waals surface area contributed by atoms with Crippen molar-refractivity contribution in [2.45, 2.75) is 72.4 Å². The van der Waals surface area contributed by atoms with Gasteiger partial charge < -0.3 is 15.0 Å². The van der Waals surface area contributed by atoms with Gasteiger partial charge in [-0.05, 0) is 64.9 Å². The van der Waals surface area contributed by atoms with Gasteiger partial charge in [-0.2, -0.15) is 0 Å². The van der Waals surface area contributed by atoms with E-state index in [-0.39, 0.29) is 18.4 Å². The number of nitrogens with zero attached hydrogens (tertiary/aromatic N) is 1. The lowest BCUT2D eigenvalue weighted by molar-refractivity contribution is -0.143. The molecule has 2 aromatic carbocycles. The summed E-state index contributed by atoms with van der Waals surface area (Å²) < 4.78 is 6.69. The van der Waals surface area contributed by atoms with Crippen LogP contribution in [0, 0.1) is 6.92 Å². The number of unbranched alkanes of at least 4 members (excludes halogenated alkanes) is 1. The van der Waals surface area contributed by atoms with E-state index in [0.717, 1.165) is 28.4 Å². The molecule has 5 nitrogen and oxygen atoms in total. The summed E-state index contributed by atoms with van der Waals surface area (Å²) in [5.74, 6) is 0.684. The predicted octanol–water partition coefficient (Wildman–Crippen LogP) is 5.98. The van der Waals surface area contributed by atoms with Crippen LogP contribution in [0.2, 0.25) is 0 Å². The van der Waals surface area contributed by atoms with Gasteiger partial charge in [0.05, 0.1) is 4.47 Å². The summed E-state index contributed by atoms with van der Waals surface area (Å²) in [6.45, 7) is 11.1. The van der Waals surface area contributed by atoms with E-state index in [4.69, 9.17) is 4.74 Å². The standard InChI is InChI=1S/C27H37BrN2O3/c1-6-8-15-29-27(32)24(7-2)30(17-21-11-9-20(5)10-12-21)26(31)18-33-25-14-13-22(19(3)4)16-23(25)28/h9-14,16,19,24H,6-8,15,17-18H2,1-5H3,(H,29,32). The van der Waals surface area contributed by atoms with Crippen molar-refractivity contribution in [3.63, 3.8) is 0 Å². The first kappa shape index (κ1) is 26.9. The number of amides is 2. The molecule has 0 aromatic heterocycles. The second-order valence-electron chi connectivity index (χ2n) is 8.71. The first-order valence-corrected chi connectivity index (χ1v) is 12.6. The van der Waals surface area contributed by atoms with Crippen molar-refractivity contribution in [1.82, 2.24) is 10.2 Å². The lowest BCUT2D eigenvalue weighted by Crippen LogP contribution is -2.50. The number of rotatable bonds is 12. The number of hydrogen-bond acceptors (Lipinski definition) is 3. The molecule has 180 valence electrons. The zero-order valence-corrected chi connectivity index (χ0v) is 22.1. The lowest BCUT2D eigenvalue weighted by Gasteiger charge is -2.30. The van der Waals surface area contributed by atoms with Gasteiger partial charge in [-0.25, -0.2) is 0 Å². The number of carbonyl (C=O) groups is 2. The molecule has 2 rings (SSSR count). The second-order valence-corrected chi connectivity index (χ2v) is 9.56. The van der Waals surface area contributed by atoms with Crippen molar-refractivity contribution < 1.29 is 14.3 Å². The van der Waals surface area contributed by atoms with Gasteiger partial charge in [0, 0.05) is 13.1 Å². The Hall–Kier alpha value is -2.34. The summed E-state index contributed by atoms with van der Waals surface area (Å²) in [7, 11) is 0. The highest BCUT2D eigenvalue weighted by Gasteiger charge is 2.29. The van der Waals surface area contributed by atoms with Crippen LogP contribution >= 0.6 is 15.9 Å². The molecule has 0 fully saturated rings. The quantitative estimate of drug-likeness (QED) is 0.352. The van der Waals surface area contributed by atoms with E-state index in [9.17, 15) is 9.59 Å². The van der Waals surface area contributed by atoms with Crippen molar-refractivity contribution in [3.8, 4) is 5.75 Å². The highest BCUT2D eigenvalue weighted by molar-refractivity contribution is 9.10. The Morgan fingerprint density at radius 3 is 2.36 bits per heavy atom. The summed E-state index contributed by atoms with van der Waals surface area (Å²) in [5.41, 5.74) is 3.33. The van der Waals surface area contributed by atoms with E-state index in [1.54, 1.807) is 4.90 Å². The van der Waals surface area contributed by atoms with Crippen LogP contribution in [0.1, 0.15) is 69.6 Å². The Morgan fingerprint density at radius 1 is 1.09 bits per heavy atom. The third-order valence-electron chi connectivity index (χ3n) is 5.66. The minimum absolute atomic E-state index is 0.117. The molecule has 6 heteroatoms. The molecule has 1 unspecified atom stereocenters. The minimum atomic E-state index is -0.550. The number of benzene rings is 2. The molecule has 0 aliphatic rings. The molecule has 0 aliphatic heterocycles. The SMILES string of the molecule is CCCCNC(=O)C(CC)N(Cc1ccc(C)cc1)C(=O)COc1ccc(C(C)C)cc1Br. The maximum atomic E-state index is 13.3. The normalized spacial score (nSPS) is 11.8. The number of ether oxygens (including phenoxy) is 1. The summed E-state index contributed by atoms with van der Waals surface area (Å²) in [5, 5.41) is 2.98. The molecule has 2 aromatic rings. The molecule has 0 bridgehead atoms. The molecule has 0 heterocycles. The molecule has 1 atom stereocenters. The van der Waals surface area contributed by atoms with Crippen molar-refractivity contribution in [2.24, 2.45) is 0 Å². The molecule has 0 aliphatic carbocycles. The van der Waals surface area contributed by atoms with Crippen LogP contribution < -0.4 is 10.1 Å². The van der Waals surface area contributed by atoms with Gasteiger partial charge in [0.15, 0.2) is 6.61 Å². The molecule has 1 N–H and O–H groups in total. The van der Waals surface area contributed by atoms with E-state index < -0.39 is 6.04 Å². The van der Waals surface area contributed by atoms with Gasteiger partial charge in [-0.1, -0.05) is 70.0 Å². The van der Waals surface area contributed by atoms with E-state index in [1.165, 1.54) is 5.56 Å². The van der Waals surface area contributed by atoms with E-state index >= 15 is 0 Å². The summed E-state index contributed by atoms with van der Waals surface area (Å²) in [6, 6.07) is 13.4. The van der Waals surface area contributed by atoms with Crippen LogP contribution in [0.25, 0.3) is 0 Å². The second kappa shape index (κ2) is 13.4. The Kier molecular flexibility index (Phi) is 10.9. The van der Waals surface area contributed by atoms with Crippen molar-refractivity contribution >= 4 is 27.7 Å². The van der Waals surface area contributed by atoms with Crippen LogP contribution in [0.15, 0.2) is 46.9 Å². The van der Waals surface area contributed by atoms with Gasteiger partial charge in [0.25, 0.3) is 5.91 Å². The Balaban J connectivity index is 2.19. The summed E-state index contributed by atoms with van der Waals surface area (Å²) in [6.07, 6.45) is 2.45. The Bertz CT molecular complexity index is 912. The Labute approximate surface area is 207 Å². The maximum Gasteiger partial charge on any atom is 0.261 e. The molecule has 0 saturated heterocycles. The van der Waals surface area contributed by atoms with E-state index in [0.29, 0.717) is 31.2 Å². The monoisotopic (exact) mass is 516 g/mol. The number of aryl methyl sites for hydroxylation is 1. The fraction of sp³-hybridized carbons (Fsp3) is 0.481. The average molecular weight is 518 g/mol. The fourth-order valence-corrected chi connectivity index (χ4v) is 4.04. The highest BCUT2D eigenvalue weighted by atomic mass is 79.9. The zero-order valence-electron chi connectivity index (χ0n) is 20.5. The van der Waals surface area contributed by atoms with Crippen LogP contribution in [0.5, 0.6) is 5.75 Å². The number of hydrogen-bond donors (Lipinski definition) is 1. The van der Waals surface area contributed by atoms with E-state index in [2.05, 4.69) is 42.0 Å². The third kappa shape index (κ3) is 8.18. The maximum absolute atomic E-state index is 13.3. The fourth-order valence-electron chi connectivity index (χ4n) is 3.53. The third-order valence-corrected chi connectivity index (χ3v) is 6.28. The van der Waals surface area contributed by atoms with E-state index in [1.807, 2.05) is 56.3 Å². The molecule has 33 heavy (non-hydrogen) atoms. The van der Waals surface area contributed by atoms with Crippen molar-refractivity contribution in [3.05, 3.63) is 63.6 Å². The van der Waals surface area contributed by atoms with Gasteiger partial charge >= 0.3 is 0 Å². The van der Waals surface area contributed by atoms with Gasteiger partial charge in [-0.15, -0.1) is 0 Å². The highest BCUT2D eigenvalue weighted by Crippen LogP contribution is 2.29. The van der Waals surface area contributed by atoms with Gasteiger partial charge in [-0.3, -0.25) is 9.59 Å². The lowest BCUT2D eigenvalue weighted by atomic mass is 10.0. The number of halogens is 1. The predicted molar refractivity (Wildman–Crippen MR) is 137 cm³/mol. The molecule has 2 amide bonds. The van der Waals surface area contributed by atoms with Gasteiger partial charge in [0.2, 0.25) is 5.91 Å². The van der Waals surface area contributed by atoms with Crippen LogP contribution in [0.3, 0.4) is 0 Å². The molecular weight excluding hydrogens is 480 g/mol. The minimum Gasteiger partial charge on any atom is -0.483 e.